The Kier molecular flexibility index (Phi) is 5.96. The summed E-state index contributed by atoms with van der Waals surface area (Å²) in [5.74, 6) is 1.59. The number of piperidine rings is 1. The molecule has 0 radical (unpaired) electrons. The third-order valence-electron chi connectivity index (χ3n) is 4.76. The van der Waals surface area contributed by atoms with Crippen LogP contribution in [0.4, 0.5) is 0 Å². The summed E-state index contributed by atoms with van der Waals surface area (Å²) in [6.07, 6.45) is 5.24. The molecule has 5 nitrogen and oxygen atoms in total. The molecule has 0 saturated carbocycles. The van der Waals surface area contributed by atoms with Crippen LogP contribution in [0.5, 0.6) is 11.5 Å². The summed E-state index contributed by atoms with van der Waals surface area (Å²) in [4.78, 5) is 14.9. The highest BCUT2D eigenvalue weighted by Crippen LogP contribution is 2.30. The summed E-state index contributed by atoms with van der Waals surface area (Å²) < 4.78 is 11.1. The number of likely N-dealkylation sites (tertiary alicyclic amines) is 1. The van der Waals surface area contributed by atoms with E-state index >= 15 is 0 Å². The molecule has 132 valence electrons. The first-order valence-corrected chi connectivity index (χ1v) is 9.15. The number of carbonyl (C=O) groups is 1. The van der Waals surface area contributed by atoms with Gasteiger partial charge in [0.2, 0.25) is 5.91 Å². The average Bonchev–Trinajstić information content (AvgIpc) is 2.62. The average molecular weight is 332 g/mol. The number of rotatable bonds is 6. The minimum absolute atomic E-state index is 0.0792. The van der Waals surface area contributed by atoms with Gasteiger partial charge in [0.15, 0.2) is 11.5 Å². The Hall–Kier alpha value is -1.75. The van der Waals surface area contributed by atoms with Crippen molar-refractivity contribution in [2.24, 2.45) is 0 Å². The van der Waals surface area contributed by atoms with Gasteiger partial charge in [-0.05, 0) is 50.0 Å². The molecular formula is C19H28N2O3. The van der Waals surface area contributed by atoms with Crippen molar-refractivity contribution in [3.05, 3.63) is 23.8 Å². The maximum atomic E-state index is 12.4. The van der Waals surface area contributed by atoms with Gasteiger partial charge >= 0.3 is 0 Å². The zero-order valence-corrected chi connectivity index (χ0v) is 14.6. The number of nitrogens with zero attached hydrogens (tertiary/aromatic N) is 1. The lowest BCUT2D eigenvalue weighted by Gasteiger charge is -2.30. The van der Waals surface area contributed by atoms with E-state index in [9.17, 15) is 4.79 Å². The quantitative estimate of drug-likeness (QED) is 0.869. The molecule has 0 bridgehead atoms. The Morgan fingerprint density at radius 2 is 1.92 bits per heavy atom. The molecule has 1 amide bonds. The molecule has 24 heavy (non-hydrogen) atoms. The molecular weight excluding hydrogens is 304 g/mol. The van der Waals surface area contributed by atoms with Gasteiger partial charge in [-0.25, -0.2) is 0 Å². The van der Waals surface area contributed by atoms with Gasteiger partial charge in [0.05, 0.1) is 6.42 Å². The molecule has 0 aromatic heterocycles. The highest BCUT2D eigenvalue weighted by molar-refractivity contribution is 5.79. The summed E-state index contributed by atoms with van der Waals surface area (Å²) >= 11 is 0. The van der Waals surface area contributed by atoms with Crippen LogP contribution in [0.1, 0.15) is 38.2 Å². The van der Waals surface area contributed by atoms with Gasteiger partial charge in [-0.3, -0.25) is 4.79 Å². The lowest BCUT2D eigenvalue weighted by molar-refractivity contribution is -0.121. The summed E-state index contributed by atoms with van der Waals surface area (Å²) in [7, 11) is 0. The van der Waals surface area contributed by atoms with Crippen LogP contribution in [0.3, 0.4) is 0 Å². The molecule has 1 aromatic carbocycles. The number of fused-ring (bicyclic) bond motifs is 1. The molecule has 2 aliphatic rings. The van der Waals surface area contributed by atoms with Gasteiger partial charge in [0.1, 0.15) is 13.2 Å². The first-order valence-electron chi connectivity index (χ1n) is 9.15. The first kappa shape index (κ1) is 17.1. The van der Waals surface area contributed by atoms with Crippen LogP contribution in [-0.4, -0.2) is 49.7 Å². The predicted molar refractivity (Wildman–Crippen MR) is 93.6 cm³/mol. The van der Waals surface area contributed by atoms with E-state index in [1.54, 1.807) is 0 Å². The number of carbonyl (C=O) groups excluding carboxylic acids is 1. The van der Waals surface area contributed by atoms with E-state index < -0.39 is 0 Å². The van der Waals surface area contributed by atoms with Crippen molar-refractivity contribution in [1.82, 2.24) is 10.2 Å². The maximum absolute atomic E-state index is 12.4. The minimum Gasteiger partial charge on any atom is -0.486 e. The zero-order chi connectivity index (χ0) is 16.8. The normalized spacial score (nSPS) is 18.9. The fourth-order valence-corrected chi connectivity index (χ4v) is 3.39. The second kappa shape index (κ2) is 8.38. The van der Waals surface area contributed by atoms with E-state index in [1.165, 1.54) is 19.3 Å². The molecule has 2 heterocycles. The lowest BCUT2D eigenvalue weighted by Crippen LogP contribution is -2.45. The monoisotopic (exact) mass is 332 g/mol. The summed E-state index contributed by atoms with van der Waals surface area (Å²) in [5.41, 5.74) is 0.963. The Bertz CT molecular complexity index is 556. The molecule has 2 aliphatic heterocycles. The van der Waals surface area contributed by atoms with Crippen LogP contribution in [0.2, 0.25) is 0 Å². The second-order valence-electron chi connectivity index (χ2n) is 6.69. The molecule has 1 fully saturated rings. The summed E-state index contributed by atoms with van der Waals surface area (Å²) in [6, 6.07) is 5.98. The number of benzene rings is 1. The van der Waals surface area contributed by atoms with E-state index in [0.717, 1.165) is 43.1 Å². The standard InChI is InChI=1S/C19H28N2O3/c1-2-16(14-21-8-4-3-5-9-21)20-19(22)13-15-6-7-17-18(12-15)24-11-10-23-17/h6-7,12,16H,2-5,8-11,13-14H2,1H3,(H,20,22). The summed E-state index contributed by atoms with van der Waals surface area (Å²) in [6.45, 7) is 6.57. The molecule has 3 rings (SSSR count). The predicted octanol–water partition coefficient (Wildman–Crippen LogP) is 2.38. The van der Waals surface area contributed by atoms with Gasteiger partial charge in [-0.15, -0.1) is 0 Å². The lowest BCUT2D eigenvalue weighted by atomic mass is 10.1. The Morgan fingerprint density at radius 1 is 1.17 bits per heavy atom. The van der Waals surface area contributed by atoms with Crippen molar-refractivity contribution in [2.75, 3.05) is 32.8 Å². The van der Waals surface area contributed by atoms with Crippen molar-refractivity contribution < 1.29 is 14.3 Å². The van der Waals surface area contributed by atoms with Crippen LogP contribution < -0.4 is 14.8 Å². The smallest absolute Gasteiger partial charge is 0.224 e. The number of hydrogen-bond acceptors (Lipinski definition) is 4. The first-order chi connectivity index (χ1) is 11.7. The minimum atomic E-state index is 0.0792. The highest BCUT2D eigenvalue weighted by Gasteiger charge is 2.18. The third kappa shape index (κ3) is 4.63. The van der Waals surface area contributed by atoms with Crippen molar-refractivity contribution >= 4 is 5.91 Å². The van der Waals surface area contributed by atoms with Crippen molar-refractivity contribution in [2.45, 2.75) is 45.1 Å². The number of hydrogen-bond donors (Lipinski definition) is 1. The van der Waals surface area contributed by atoms with Gasteiger partial charge in [0.25, 0.3) is 0 Å². The SMILES string of the molecule is CCC(CN1CCCCC1)NC(=O)Cc1ccc2c(c1)OCCO2. The van der Waals surface area contributed by atoms with Crippen LogP contribution >= 0.6 is 0 Å². The van der Waals surface area contributed by atoms with Crippen molar-refractivity contribution in [1.29, 1.82) is 0 Å². The van der Waals surface area contributed by atoms with Crippen LogP contribution in [0.25, 0.3) is 0 Å². The molecule has 0 spiro atoms. The third-order valence-corrected chi connectivity index (χ3v) is 4.76. The van der Waals surface area contributed by atoms with Gasteiger partial charge in [0, 0.05) is 12.6 Å². The fraction of sp³-hybridized carbons (Fsp3) is 0.632. The van der Waals surface area contributed by atoms with E-state index in [1.807, 2.05) is 18.2 Å². The molecule has 1 unspecified atom stereocenters. The van der Waals surface area contributed by atoms with Crippen molar-refractivity contribution in [3.63, 3.8) is 0 Å². The number of nitrogens with one attached hydrogen (secondary N) is 1. The van der Waals surface area contributed by atoms with E-state index in [-0.39, 0.29) is 11.9 Å². The maximum Gasteiger partial charge on any atom is 0.224 e. The number of amides is 1. The Labute approximate surface area is 144 Å². The van der Waals surface area contributed by atoms with E-state index in [2.05, 4.69) is 17.1 Å². The molecule has 0 aliphatic carbocycles. The van der Waals surface area contributed by atoms with Crippen LogP contribution in [0.15, 0.2) is 18.2 Å². The van der Waals surface area contributed by atoms with E-state index in [4.69, 9.17) is 9.47 Å². The van der Waals surface area contributed by atoms with Gasteiger partial charge in [-0.2, -0.15) is 0 Å². The second-order valence-corrected chi connectivity index (χ2v) is 6.69. The highest BCUT2D eigenvalue weighted by atomic mass is 16.6. The molecule has 5 heteroatoms. The molecule has 1 aromatic rings. The Balaban J connectivity index is 1.52. The van der Waals surface area contributed by atoms with Gasteiger partial charge < -0.3 is 19.7 Å². The number of ether oxygens (including phenoxy) is 2. The molecule has 1 saturated heterocycles. The van der Waals surface area contributed by atoms with Gasteiger partial charge in [-0.1, -0.05) is 19.4 Å². The van der Waals surface area contributed by atoms with E-state index in [0.29, 0.717) is 19.6 Å². The summed E-state index contributed by atoms with van der Waals surface area (Å²) in [5, 5.41) is 3.19. The Morgan fingerprint density at radius 3 is 2.67 bits per heavy atom. The van der Waals surface area contributed by atoms with Crippen LogP contribution in [0, 0.1) is 0 Å². The zero-order valence-electron chi connectivity index (χ0n) is 14.6. The van der Waals surface area contributed by atoms with Crippen LogP contribution in [-0.2, 0) is 11.2 Å². The van der Waals surface area contributed by atoms with Crippen molar-refractivity contribution in [3.8, 4) is 11.5 Å². The largest absolute Gasteiger partial charge is 0.486 e. The molecule has 1 atom stereocenters. The topological polar surface area (TPSA) is 50.8 Å². The fourth-order valence-electron chi connectivity index (χ4n) is 3.39. The molecule has 1 N–H and O–H groups in total.